The SMILES string of the molecule is CC1=C[C@H]2C=CC[C@H]2[C@]2(C)CC(=O)C12. The number of hydrogen-bond acceptors (Lipinski definition) is 1. The summed E-state index contributed by atoms with van der Waals surface area (Å²) in [6.45, 7) is 4.43. The van der Waals surface area contributed by atoms with Gasteiger partial charge in [-0.3, -0.25) is 4.79 Å². The fourth-order valence-corrected chi connectivity index (χ4v) is 3.89. The van der Waals surface area contributed by atoms with Crippen molar-refractivity contribution in [1.29, 1.82) is 0 Å². The lowest BCUT2D eigenvalue weighted by atomic mass is 9.48. The van der Waals surface area contributed by atoms with Crippen molar-refractivity contribution in [3.63, 3.8) is 0 Å². The first-order valence-corrected chi connectivity index (χ1v) is 5.50. The summed E-state index contributed by atoms with van der Waals surface area (Å²) in [6.07, 6.45) is 8.91. The number of Topliss-reactive ketones (excluding diaryl/α,β-unsaturated/α-hetero) is 1. The molecule has 3 rings (SSSR count). The lowest BCUT2D eigenvalue weighted by molar-refractivity contribution is -0.145. The van der Waals surface area contributed by atoms with E-state index in [1.165, 1.54) is 12.0 Å². The summed E-state index contributed by atoms with van der Waals surface area (Å²) < 4.78 is 0. The molecule has 0 aromatic rings. The summed E-state index contributed by atoms with van der Waals surface area (Å²) in [6, 6.07) is 0. The average Bonchev–Trinajstić information content (AvgIpc) is 2.50. The highest BCUT2D eigenvalue weighted by Crippen LogP contribution is 2.60. The molecular formula is C13H16O. The van der Waals surface area contributed by atoms with Crippen LogP contribution in [0.15, 0.2) is 23.8 Å². The summed E-state index contributed by atoms with van der Waals surface area (Å²) in [4.78, 5) is 11.6. The van der Waals surface area contributed by atoms with E-state index in [0.29, 0.717) is 17.6 Å². The summed E-state index contributed by atoms with van der Waals surface area (Å²) >= 11 is 0. The Kier molecular flexibility index (Phi) is 1.44. The van der Waals surface area contributed by atoms with Crippen LogP contribution >= 0.6 is 0 Å². The highest BCUT2D eigenvalue weighted by molar-refractivity contribution is 5.92. The maximum Gasteiger partial charge on any atom is 0.141 e. The van der Waals surface area contributed by atoms with Gasteiger partial charge < -0.3 is 0 Å². The van der Waals surface area contributed by atoms with Crippen LogP contribution in [0.3, 0.4) is 0 Å². The first-order valence-electron chi connectivity index (χ1n) is 5.50. The molecule has 1 fully saturated rings. The molecule has 0 radical (unpaired) electrons. The molecule has 0 amide bonds. The highest BCUT2D eigenvalue weighted by Gasteiger charge is 2.58. The Morgan fingerprint density at radius 1 is 1.50 bits per heavy atom. The van der Waals surface area contributed by atoms with E-state index in [-0.39, 0.29) is 11.3 Å². The normalized spacial score (nSPS) is 49.4. The van der Waals surface area contributed by atoms with Gasteiger partial charge in [0.2, 0.25) is 0 Å². The number of carbonyl (C=O) groups is 1. The average molecular weight is 188 g/mol. The molecule has 0 aliphatic heterocycles. The predicted octanol–water partition coefficient (Wildman–Crippen LogP) is 2.73. The van der Waals surface area contributed by atoms with Crippen LogP contribution in [0.25, 0.3) is 0 Å². The number of fused-ring (bicyclic) bond motifs is 3. The molecule has 1 nitrogen and oxygen atoms in total. The third kappa shape index (κ3) is 0.789. The largest absolute Gasteiger partial charge is 0.299 e. The maximum absolute atomic E-state index is 11.6. The molecule has 0 spiro atoms. The van der Waals surface area contributed by atoms with Crippen LogP contribution in [-0.4, -0.2) is 5.78 Å². The molecule has 14 heavy (non-hydrogen) atoms. The Morgan fingerprint density at radius 2 is 2.29 bits per heavy atom. The second-order valence-corrected chi connectivity index (χ2v) is 5.34. The molecule has 0 aromatic carbocycles. The number of rotatable bonds is 0. The third-order valence-electron chi connectivity index (χ3n) is 4.51. The van der Waals surface area contributed by atoms with E-state index >= 15 is 0 Å². The van der Waals surface area contributed by atoms with Gasteiger partial charge in [-0.1, -0.05) is 30.7 Å². The van der Waals surface area contributed by atoms with Crippen LogP contribution in [0.4, 0.5) is 0 Å². The molecule has 1 heteroatoms. The summed E-state index contributed by atoms with van der Waals surface area (Å²) in [5, 5.41) is 0. The lowest BCUT2D eigenvalue weighted by Crippen LogP contribution is -2.54. The minimum absolute atomic E-state index is 0.253. The van der Waals surface area contributed by atoms with Crippen molar-refractivity contribution in [1.82, 2.24) is 0 Å². The quantitative estimate of drug-likeness (QED) is 0.534. The van der Waals surface area contributed by atoms with Crippen LogP contribution in [0, 0.1) is 23.2 Å². The van der Waals surface area contributed by atoms with Crippen LogP contribution < -0.4 is 0 Å². The first-order chi connectivity index (χ1) is 6.63. The Bertz CT molecular complexity index is 363. The van der Waals surface area contributed by atoms with Gasteiger partial charge in [-0.15, -0.1) is 0 Å². The van der Waals surface area contributed by atoms with Gasteiger partial charge in [0, 0.05) is 12.3 Å². The van der Waals surface area contributed by atoms with Crippen molar-refractivity contribution >= 4 is 5.78 Å². The second-order valence-electron chi connectivity index (χ2n) is 5.34. The molecule has 1 unspecified atom stereocenters. The van der Waals surface area contributed by atoms with E-state index in [2.05, 4.69) is 32.1 Å². The van der Waals surface area contributed by atoms with Crippen LogP contribution in [-0.2, 0) is 4.79 Å². The number of allylic oxidation sites excluding steroid dienone is 4. The lowest BCUT2D eigenvalue weighted by Gasteiger charge is -2.54. The monoisotopic (exact) mass is 188 g/mol. The van der Waals surface area contributed by atoms with Gasteiger partial charge in [0.25, 0.3) is 0 Å². The Morgan fingerprint density at radius 3 is 3.00 bits per heavy atom. The molecule has 3 aliphatic carbocycles. The Labute approximate surface area is 84.9 Å². The molecule has 0 saturated heterocycles. The molecule has 1 saturated carbocycles. The van der Waals surface area contributed by atoms with E-state index < -0.39 is 0 Å². The van der Waals surface area contributed by atoms with Crippen molar-refractivity contribution in [2.45, 2.75) is 26.7 Å². The van der Waals surface area contributed by atoms with Crippen molar-refractivity contribution in [2.24, 2.45) is 23.2 Å². The van der Waals surface area contributed by atoms with E-state index in [1.807, 2.05) is 0 Å². The zero-order chi connectivity index (χ0) is 9.92. The minimum atomic E-state index is 0.253. The van der Waals surface area contributed by atoms with Crippen molar-refractivity contribution in [3.8, 4) is 0 Å². The van der Waals surface area contributed by atoms with Gasteiger partial charge in [-0.05, 0) is 30.6 Å². The van der Waals surface area contributed by atoms with Crippen molar-refractivity contribution in [3.05, 3.63) is 23.8 Å². The third-order valence-corrected chi connectivity index (χ3v) is 4.51. The summed E-state index contributed by atoms with van der Waals surface area (Å²) in [7, 11) is 0. The van der Waals surface area contributed by atoms with Crippen molar-refractivity contribution in [2.75, 3.05) is 0 Å². The topological polar surface area (TPSA) is 17.1 Å². The van der Waals surface area contributed by atoms with Crippen LogP contribution in [0.5, 0.6) is 0 Å². The van der Waals surface area contributed by atoms with Gasteiger partial charge in [0.1, 0.15) is 5.78 Å². The van der Waals surface area contributed by atoms with E-state index in [1.54, 1.807) is 0 Å². The van der Waals surface area contributed by atoms with Gasteiger partial charge in [0.05, 0.1) is 0 Å². The van der Waals surface area contributed by atoms with Crippen LogP contribution in [0.1, 0.15) is 26.7 Å². The molecule has 74 valence electrons. The van der Waals surface area contributed by atoms with E-state index in [0.717, 1.165) is 6.42 Å². The smallest absolute Gasteiger partial charge is 0.141 e. The van der Waals surface area contributed by atoms with E-state index in [4.69, 9.17) is 0 Å². The fourth-order valence-electron chi connectivity index (χ4n) is 3.89. The molecule has 3 aliphatic rings. The second kappa shape index (κ2) is 2.39. The minimum Gasteiger partial charge on any atom is -0.299 e. The Hall–Kier alpha value is -0.850. The number of carbonyl (C=O) groups excluding carboxylic acids is 1. The molecular weight excluding hydrogens is 172 g/mol. The van der Waals surface area contributed by atoms with Crippen LogP contribution in [0.2, 0.25) is 0 Å². The zero-order valence-electron chi connectivity index (χ0n) is 8.79. The molecule has 0 aromatic heterocycles. The summed E-state index contributed by atoms with van der Waals surface area (Å²) in [5.41, 5.74) is 1.60. The number of ketones is 1. The Balaban J connectivity index is 2.06. The zero-order valence-corrected chi connectivity index (χ0v) is 8.79. The van der Waals surface area contributed by atoms with Gasteiger partial charge in [0.15, 0.2) is 0 Å². The van der Waals surface area contributed by atoms with Gasteiger partial charge in [-0.25, -0.2) is 0 Å². The fraction of sp³-hybridized carbons (Fsp3) is 0.615. The van der Waals surface area contributed by atoms with Gasteiger partial charge in [-0.2, -0.15) is 0 Å². The molecule has 0 bridgehead atoms. The predicted molar refractivity (Wildman–Crippen MR) is 55.7 cm³/mol. The highest BCUT2D eigenvalue weighted by atomic mass is 16.1. The van der Waals surface area contributed by atoms with Crippen molar-refractivity contribution < 1.29 is 4.79 Å². The standard InChI is InChI=1S/C13H16O/c1-8-6-9-4-3-5-10(9)13(2)7-11(14)12(8)13/h3-4,6,9-10,12H,5,7H2,1-2H3/t9-,10-,12?,13+/m1/s1. The first kappa shape index (κ1) is 8.46. The molecule has 0 heterocycles. The maximum atomic E-state index is 11.6. The van der Waals surface area contributed by atoms with Gasteiger partial charge >= 0.3 is 0 Å². The number of hydrogen-bond donors (Lipinski definition) is 0. The molecule has 0 N–H and O–H groups in total. The molecule has 4 atom stereocenters. The van der Waals surface area contributed by atoms with E-state index in [9.17, 15) is 4.79 Å². The summed E-state index contributed by atoms with van der Waals surface area (Å²) in [5.74, 6) is 2.04.